The van der Waals surface area contributed by atoms with Crippen LogP contribution in [-0.2, 0) is 14.8 Å². The predicted octanol–water partition coefficient (Wildman–Crippen LogP) is 2.60. The first-order valence-corrected chi connectivity index (χ1v) is 10.4. The third-order valence-corrected chi connectivity index (χ3v) is 6.91. The number of sulfonamides is 1. The SMILES string of the molecule is O=C(Oc1ccc([N+](=O)[O-])cc1)c1ccc(Br)c(S(=O)(=O)N2CCOCC2)c1. The van der Waals surface area contributed by atoms with Gasteiger partial charge < -0.3 is 9.47 Å². The van der Waals surface area contributed by atoms with Gasteiger partial charge in [0, 0.05) is 29.7 Å². The monoisotopic (exact) mass is 470 g/mol. The van der Waals surface area contributed by atoms with Crippen molar-refractivity contribution >= 4 is 37.6 Å². The van der Waals surface area contributed by atoms with E-state index in [0.717, 1.165) is 0 Å². The second-order valence-electron chi connectivity index (χ2n) is 5.80. The van der Waals surface area contributed by atoms with Gasteiger partial charge in [-0.2, -0.15) is 4.31 Å². The predicted molar refractivity (Wildman–Crippen MR) is 102 cm³/mol. The summed E-state index contributed by atoms with van der Waals surface area (Å²) >= 11 is 3.22. The molecule has 1 aliphatic rings. The Hall–Kier alpha value is -2.34. The largest absolute Gasteiger partial charge is 0.423 e. The zero-order chi connectivity index (χ0) is 20.3. The molecule has 28 heavy (non-hydrogen) atoms. The Morgan fingerprint density at radius 2 is 1.79 bits per heavy atom. The maximum Gasteiger partial charge on any atom is 0.343 e. The van der Waals surface area contributed by atoms with Gasteiger partial charge in [0.2, 0.25) is 10.0 Å². The standard InChI is InChI=1S/C17H15BrN2O7S/c18-15-6-1-12(11-16(15)28(24,25)19-7-9-26-10-8-19)17(21)27-14-4-2-13(3-5-14)20(22)23/h1-6,11H,7-10H2. The molecule has 1 fully saturated rings. The highest BCUT2D eigenvalue weighted by Crippen LogP contribution is 2.27. The Morgan fingerprint density at radius 1 is 1.14 bits per heavy atom. The van der Waals surface area contributed by atoms with Gasteiger partial charge >= 0.3 is 5.97 Å². The summed E-state index contributed by atoms with van der Waals surface area (Å²) < 4.78 is 37.7. The number of rotatable bonds is 5. The number of hydrogen-bond donors (Lipinski definition) is 0. The molecule has 0 N–H and O–H groups in total. The van der Waals surface area contributed by atoms with E-state index in [2.05, 4.69) is 15.9 Å². The zero-order valence-electron chi connectivity index (χ0n) is 14.4. The number of hydrogen-bond acceptors (Lipinski definition) is 7. The number of halogens is 1. The van der Waals surface area contributed by atoms with Crippen molar-refractivity contribution in [3.05, 3.63) is 62.6 Å². The fourth-order valence-corrected chi connectivity index (χ4v) is 4.91. The highest BCUT2D eigenvalue weighted by Gasteiger charge is 2.29. The van der Waals surface area contributed by atoms with Crippen molar-refractivity contribution in [2.75, 3.05) is 26.3 Å². The second-order valence-corrected chi connectivity index (χ2v) is 8.56. The topological polar surface area (TPSA) is 116 Å². The molecule has 2 aromatic rings. The smallest absolute Gasteiger partial charge is 0.343 e. The number of morpholine rings is 1. The van der Waals surface area contributed by atoms with Gasteiger partial charge in [0.15, 0.2) is 0 Å². The third-order valence-electron chi connectivity index (χ3n) is 4.01. The molecule has 0 atom stereocenters. The average molecular weight is 471 g/mol. The van der Waals surface area contributed by atoms with Crippen LogP contribution < -0.4 is 4.74 Å². The van der Waals surface area contributed by atoms with Gasteiger partial charge in [-0.05, 0) is 46.3 Å². The molecule has 0 bridgehead atoms. The van der Waals surface area contributed by atoms with Crippen LogP contribution in [0.3, 0.4) is 0 Å². The minimum absolute atomic E-state index is 0.0355. The first-order valence-electron chi connectivity index (χ1n) is 8.13. The molecule has 0 saturated carbocycles. The quantitative estimate of drug-likeness (QED) is 0.285. The van der Waals surface area contributed by atoms with Crippen molar-refractivity contribution in [3.63, 3.8) is 0 Å². The molecule has 9 nitrogen and oxygen atoms in total. The fourth-order valence-electron chi connectivity index (χ4n) is 2.56. The lowest BCUT2D eigenvalue weighted by Gasteiger charge is -2.26. The zero-order valence-corrected chi connectivity index (χ0v) is 16.8. The Balaban J connectivity index is 1.83. The lowest BCUT2D eigenvalue weighted by atomic mass is 10.2. The normalized spacial score (nSPS) is 15.2. The number of non-ortho nitro benzene ring substituents is 1. The molecule has 2 aromatic carbocycles. The van der Waals surface area contributed by atoms with E-state index in [-0.39, 0.29) is 35.0 Å². The molecule has 1 aliphatic heterocycles. The highest BCUT2D eigenvalue weighted by atomic mass is 79.9. The van der Waals surface area contributed by atoms with Gasteiger partial charge in [-0.15, -0.1) is 0 Å². The van der Waals surface area contributed by atoms with Gasteiger partial charge in [-0.1, -0.05) is 0 Å². The second kappa shape index (κ2) is 8.35. The highest BCUT2D eigenvalue weighted by molar-refractivity contribution is 9.10. The van der Waals surface area contributed by atoms with Gasteiger partial charge in [0.25, 0.3) is 5.69 Å². The minimum Gasteiger partial charge on any atom is -0.423 e. The summed E-state index contributed by atoms with van der Waals surface area (Å²) in [5, 5.41) is 10.7. The van der Waals surface area contributed by atoms with Crippen molar-refractivity contribution in [1.82, 2.24) is 4.31 Å². The summed E-state index contributed by atoms with van der Waals surface area (Å²) in [5.74, 6) is -0.670. The molecule has 0 amide bonds. The van der Waals surface area contributed by atoms with Gasteiger partial charge in [0.05, 0.1) is 28.6 Å². The lowest BCUT2D eigenvalue weighted by molar-refractivity contribution is -0.384. The summed E-state index contributed by atoms with van der Waals surface area (Å²) in [5.41, 5.74) is -0.101. The van der Waals surface area contributed by atoms with Crippen LogP contribution in [0.15, 0.2) is 51.8 Å². The van der Waals surface area contributed by atoms with Gasteiger partial charge in [0.1, 0.15) is 5.75 Å². The summed E-state index contributed by atoms with van der Waals surface area (Å²) in [6.07, 6.45) is 0. The maximum atomic E-state index is 12.9. The summed E-state index contributed by atoms with van der Waals surface area (Å²) in [6, 6.07) is 9.12. The molecule has 0 radical (unpaired) electrons. The molecule has 3 rings (SSSR count). The van der Waals surface area contributed by atoms with E-state index in [1.165, 1.54) is 46.8 Å². The van der Waals surface area contributed by atoms with E-state index in [9.17, 15) is 23.3 Å². The van der Waals surface area contributed by atoms with Crippen molar-refractivity contribution < 1.29 is 27.6 Å². The number of carbonyl (C=O) groups excluding carboxylic acids is 1. The number of nitro benzene ring substituents is 1. The molecular formula is C17H15BrN2O7S. The molecule has 0 unspecified atom stereocenters. The Kier molecular flexibility index (Phi) is 6.08. The van der Waals surface area contributed by atoms with E-state index >= 15 is 0 Å². The number of nitrogens with zero attached hydrogens (tertiary/aromatic N) is 2. The molecule has 148 valence electrons. The van der Waals surface area contributed by atoms with Crippen LogP contribution in [0.1, 0.15) is 10.4 Å². The van der Waals surface area contributed by atoms with Crippen molar-refractivity contribution in [3.8, 4) is 5.75 Å². The van der Waals surface area contributed by atoms with Crippen LogP contribution in [0.4, 0.5) is 5.69 Å². The molecule has 1 heterocycles. The molecular weight excluding hydrogens is 456 g/mol. The molecule has 0 spiro atoms. The summed E-state index contributed by atoms with van der Waals surface area (Å²) in [4.78, 5) is 22.5. The van der Waals surface area contributed by atoms with E-state index in [1.54, 1.807) is 0 Å². The Morgan fingerprint density at radius 3 is 2.39 bits per heavy atom. The molecule has 0 aliphatic carbocycles. The number of ether oxygens (including phenoxy) is 2. The van der Waals surface area contributed by atoms with Crippen LogP contribution in [-0.4, -0.2) is 49.9 Å². The molecule has 0 aromatic heterocycles. The third kappa shape index (κ3) is 4.38. The van der Waals surface area contributed by atoms with Crippen LogP contribution in [0, 0.1) is 10.1 Å². The van der Waals surface area contributed by atoms with Crippen molar-refractivity contribution in [2.45, 2.75) is 4.90 Å². The van der Waals surface area contributed by atoms with E-state index < -0.39 is 20.9 Å². The van der Waals surface area contributed by atoms with Crippen LogP contribution in [0.25, 0.3) is 0 Å². The van der Waals surface area contributed by atoms with E-state index in [4.69, 9.17) is 9.47 Å². The van der Waals surface area contributed by atoms with Crippen LogP contribution >= 0.6 is 15.9 Å². The number of nitro groups is 1. The Labute approximate surface area is 169 Å². The van der Waals surface area contributed by atoms with E-state index in [0.29, 0.717) is 17.7 Å². The maximum absolute atomic E-state index is 12.9. The molecule has 11 heteroatoms. The Bertz CT molecular complexity index is 1000. The van der Waals surface area contributed by atoms with Crippen molar-refractivity contribution in [1.29, 1.82) is 0 Å². The minimum atomic E-state index is -3.81. The average Bonchev–Trinajstić information content (AvgIpc) is 2.69. The fraction of sp³-hybridized carbons (Fsp3) is 0.235. The number of esters is 1. The van der Waals surface area contributed by atoms with Crippen LogP contribution in [0.2, 0.25) is 0 Å². The van der Waals surface area contributed by atoms with E-state index in [1.807, 2.05) is 0 Å². The van der Waals surface area contributed by atoms with Crippen molar-refractivity contribution in [2.24, 2.45) is 0 Å². The number of benzene rings is 2. The number of carbonyl (C=O) groups is 1. The van der Waals surface area contributed by atoms with Gasteiger partial charge in [-0.3, -0.25) is 10.1 Å². The van der Waals surface area contributed by atoms with Crippen LogP contribution in [0.5, 0.6) is 5.75 Å². The first-order chi connectivity index (χ1) is 13.3. The van der Waals surface area contributed by atoms with Gasteiger partial charge in [-0.25, -0.2) is 13.2 Å². The molecule has 1 saturated heterocycles. The summed E-state index contributed by atoms with van der Waals surface area (Å²) in [7, 11) is -3.81. The summed E-state index contributed by atoms with van der Waals surface area (Å²) in [6.45, 7) is 1.07. The lowest BCUT2D eigenvalue weighted by Crippen LogP contribution is -2.40. The first kappa shape index (κ1) is 20.4.